The summed E-state index contributed by atoms with van der Waals surface area (Å²) in [7, 11) is 0. The number of fused-ring (bicyclic) bond motifs is 3. The normalized spacial score (nSPS) is 49.2. The maximum Gasteiger partial charge on any atom is 0.375 e. The number of carbonyl (C=O) groups is 3. The summed E-state index contributed by atoms with van der Waals surface area (Å²) in [6.07, 6.45) is 5.08. The number of Topliss-reactive ketones (excluding diaryl/α,β-unsaturated/α-hetero) is 1. The molecule has 1 aliphatic heterocycles. The maximum absolute atomic E-state index is 15.8. The van der Waals surface area contributed by atoms with Crippen LogP contribution in [0.5, 0.6) is 0 Å². The Labute approximate surface area is 197 Å². The second-order valence-corrected chi connectivity index (χ2v) is 11.9. The molecule has 0 radical (unpaired) electrons. The molecule has 1 spiro atoms. The van der Waals surface area contributed by atoms with E-state index in [1.54, 1.807) is 12.2 Å². The van der Waals surface area contributed by atoms with Gasteiger partial charge in [0.1, 0.15) is 17.9 Å². The number of aliphatic hydroxyl groups excluding tert-OH is 1. The molecule has 0 aromatic rings. The van der Waals surface area contributed by atoms with E-state index >= 15 is 4.39 Å². The monoisotopic (exact) mass is 478 g/mol. The van der Waals surface area contributed by atoms with Crippen LogP contribution in [0.25, 0.3) is 0 Å². The van der Waals surface area contributed by atoms with Gasteiger partial charge in [-0.25, -0.2) is 9.18 Å². The molecule has 0 aromatic heterocycles. The van der Waals surface area contributed by atoms with E-state index in [9.17, 15) is 19.5 Å². The van der Waals surface area contributed by atoms with Crippen LogP contribution < -0.4 is 0 Å². The number of ketones is 1. The fourth-order valence-electron chi connectivity index (χ4n) is 8.05. The summed E-state index contributed by atoms with van der Waals surface area (Å²) in [5, 5.41) is 9.34. The van der Waals surface area contributed by atoms with Gasteiger partial charge in [0.25, 0.3) is 0 Å². The highest BCUT2D eigenvalue weighted by molar-refractivity contribution is 8.13. The van der Waals surface area contributed by atoms with Crippen LogP contribution >= 0.6 is 11.8 Å². The fraction of sp³-hybridized carbons (Fsp3) is 0.720. The van der Waals surface area contributed by atoms with Crippen LogP contribution in [0.3, 0.4) is 0 Å². The molecule has 6 nitrogen and oxygen atoms in total. The Morgan fingerprint density at radius 3 is 2.67 bits per heavy atom. The van der Waals surface area contributed by atoms with Gasteiger partial charge in [-0.1, -0.05) is 31.7 Å². The molecule has 8 heteroatoms. The van der Waals surface area contributed by atoms with Crippen molar-refractivity contribution in [2.45, 2.75) is 70.9 Å². The number of halogens is 1. The minimum Gasteiger partial charge on any atom is -0.448 e. The molecule has 180 valence electrons. The van der Waals surface area contributed by atoms with Crippen LogP contribution in [0.15, 0.2) is 23.8 Å². The van der Waals surface area contributed by atoms with Gasteiger partial charge in [0.15, 0.2) is 5.12 Å². The Morgan fingerprint density at radius 2 is 2.00 bits per heavy atom. The van der Waals surface area contributed by atoms with Gasteiger partial charge in [0.05, 0.1) is 12.0 Å². The zero-order chi connectivity index (χ0) is 23.9. The molecule has 1 unspecified atom stereocenters. The maximum atomic E-state index is 15.8. The Morgan fingerprint density at radius 1 is 1.27 bits per heavy atom. The van der Waals surface area contributed by atoms with Gasteiger partial charge in [0.2, 0.25) is 5.78 Å². The van der Waals surface area contributed by atoms with Gasteiger partial charge in [-0.2, -0.15) is 0 Å². The third kappa shape index (κ3) is 3.02. The van der Waals surface area contributed by atoms with Gasteiger partial charge in [-0.3, -0.25) is 9.59 Å². The summed E-state index contributed by atoms with van der Waals surface area (Å²) in [4.78, 5) is 36.0. The van der Waals surface area contributed by atoms with Crippen molar-refractivity contribution in [2.75, 3.05) is 5.94 Å². The van der Waals surface area contributed by atoms with Crippen LogP contribution in [0, 0.1) is 34.5 Å². The van der Waals surface area contributed by atoms with Crippen molar-refractivity contribution < 1.29 is 33.4 Å². The number of alkyl halides is 1. The molecule has 0 bridgehead atoms. The predicted molar refractivity (Wildman–Crippen MR) is 120 cm³/mol. The molecule has 4 aliphatic carbocycles. The van der Waals surface area contributed by atoms with Crippen LogP contribution in [0.2, 0.25) is 0 Å². The van der Waals surface area contributed by atoms with Gasteiger partial charge >= 0.3 is 5.97 Å². The predicted octanol–water partition coefficient (Wildman–Crippen LogP) is 3.38. The molecular formula is C25H31FO6S. The van der Waals surface area contributed by atoms with Crippen molar-refractivity contribution in [3.8, 4) is 0 Å². The molecule has 1 heterocycles. The lowest BCUT2D eigenvalue weighted by molar-refractivity contribution is -0.154. The molecule has 0 amide bonds. The highest BCUT2D eigenvalue weighted by Gasteiger charge is 2.80. The van der Waals surface area contributed by atoms with Crippen LogP contribution in [-0.4, -0.2) is 51.9 Å². The number of epoxide rings is 1. The quantitative estimate of drug-likeness (QED) is 0.218. The fourth-order valence-corrected chi connectivity index (χ4v) is 8.86. The first kappa shape index (κ1) is 23.2. The van der Waals surface area contributed by atoms with Crippen molar-refractivity contribution in [2.24, 2.45) is 34.5 Å². The minimum atomic E-state index is -1.22. The number of hydrogen-bond acceptors (Lipinski definition) is 7. The summed E-state index contributed by atoms with van der Waals surface area (Å²) in [6, 6.07) is 0. The summed E-state index contributed by atoms with van der Waals surface area (Å²) in [5.74, 6) is -1.74. The van der Waals surface area contributed by atoms with E-state index in [4.69, 9.17) is 9.47 Å². The Hall–Kier alpha value is -1.51. The van der Waals surface area contributed by atoms with Crippen molar-refractivity contribution >= 4 is 28.6 Å². The summed E-state index contributed by atoms with van der Waals surface area (Å²) >= 11 is 0.970. The number of aliphatic hydroxyl groups is 1. The van der Waals surface area contributed by atoms with Crippen molar-refractivity contribution in [3.05, 3.63) is 23.8 Å². The molecule has 1 N–H and O–H groups in total. The van der Waals surface area contributed by atoms with Crippen molar-refractivity contribution in [3.63, 3.8) is 0 Å². The van der Waals surface area contributed by atoms with Crippen LogP contribution in [0.4, 0.5) is 4.39 Å². The van der Waals surface area contributed by atoms with Crippen molar-refractivity contribution in [1.29, 1.82) is 0 Å². The minimum absolute atomic E-state index is 0.0234. The van der Waals surface area contributed by atoms with E-state index in [-0.39, 0.29) is 46.2 Å². The number of rotatable bonds is 4. The number of thioether (sulfide) groups is 1. The largest absolute Gasteiger partial charge is 0.448 e. The number of ether oxygens (including phenoxy) is 2. The molecule has 5 rings (SSSR count). The Kier molecular flexibility index (Phi) is 5.28. The van der Waals surface area contributed by atoms with E-state index in [1.807, 2.05) is 13.0 Å². The molecule has 3 saturated carbocycles. The Balaban J connectivity index is 1.48. The van der Waals surface area contributed by atoms with E-state index in [0.29, 0.717) is 12.0 Å². The zero-order valence-corrected chi connectivity index (χ0v) is 20.2. The Bertz CT molecular complexity index is 978. The molecule has 0 aromatic carbocycles. The molecular weight excluding hydrogens is 447 g/mol. The second kappa shape index (κ2) is 7.49. The summed E-state index contributed by atoms with van der Waals surface area (Å²) in [6.45, 7) is 7.40. The van der Waals surface area contributed by atoms with Gasteiger partial charge in [-0.05, 0) is 67.1 Å². The third-order valence-electron chi connectivity index (χ3n) is 9.34. The highest BCUT2D eigenvalue weighted by atomic mass is 32.2. The van der Waals surface area contributed by atoms with Crippen LogP contribution in [-0.2, 0) is 23.9 Å². The van der Waals surface area contributed by atoms with E-state index in [2.05, 4.69) is 13.8 Å². The van der Waals surface area contributed by atoms with E-state index in [0.717, 1.165) is 31.5 Å². The topological polar surface area (TPSA) is 93.2 Å². The first-order valence-electron chi connectivity index (χ1n) is 11.7. The van der Waals surface area contributed by atoms with Crippen molar-refractivity contribution in [1.82, 2.24) is 0 Å². The second-order valence-electron chi connectivity index (χ2n) is 10.9. The average Bonchev–Trinajstić information content (AvgIpc) is 3.39. The number of carbonyl (C=O) groups excluding carboxylic acids is 3. The molecule has 33 heavy (non-hydrogen) atoms. The zero-order valence-electron chi connectivity index (χ0n) is 19.4. The lowest BCUT2D eigenvalue weighted by Crippen LogP contribution is -2.59. The molecule has 10 atom stereocenters. The standard InChI is InChI=1S/C25H31FO6S/c1-12-7-15-16-9-18(26)17-8-14(31-21(29)13(2)28)5-6-24(17,4)25(16)19(32-25)10-23(15,3)20(12)22(30)33-11-27/h5-6,8,12,14-16,18-20,27H,7,9-11H2,1-4H3/t12-,14?,15+,16+,18+,19+,20-,23+,24+,25-/m1/s1. The van der Waals surface area contributed by atoms with Gasteiger partial charge in [0, 0.05) is 18.3 Å². The van der Waals surface area contributed by atoms with Gasteiger partial charge < -0.3 is 14.6 Å². The number of esters is 1. The van der Waals surface area contributed by atoms with Crippen LogP contribution in [0.1, 0.15) is 47.0 Å². The van der Waals surface area contributed by atoms with E-state index < -0.39 is 35.0 Å². The average molecular weight is 479 g/mol. The smallest absolute Gasteiger partial charge is 0.375 e. The lowest BCUT2D eigenvalue weighted by Gasteiger charge is -2.55. The molecule has 4 fully saturated rings. The summed E-state index contributed by atoms with van der Waals surface area (Å²) < 4.78 is 27.5. The third-order valence-corrected chi connectivity index (χ3v) is 10.0. The molecule has 5 aliphatic rings. The van der Waals surface area contributed by atoms with E-state index in [1.165, 1.54) is 0 Å². The lowest BCUT2D eigenvalue weighted by atomic mass is 9.47. The first-order chi connectivity index (χ1) is 15.5. The summed E-state index contributed by atoms with van der Waals surface area (Å²) in [5.41, 5.74) is -0.933. The first-order valence-corrected chi connectivity index (χ1v) is 12.7. The van der Waals surface area contributed by atoms with Gasteiger partial charge in [-0.15, -0.1) is 0 Å². The highest BCUT2D eigenvalue weighted by Crippen LogP contribution is 2.76. The SMILES string of the molecule is CC(=O)C(=O)OC1C=C[C@@]2(C)C(=C1)[C@@H](F)C[C@H]1[C@@H]3C[C@@H](C)[C@H](C(=O)SCO)[C@@]3(C)C[C@@H]3O[C@@]312. The molecule has 1 saturated heterocycles. The number of hydrogen-bond donors (Lipinski definition) is 1.